The molecule has 1 aliphatic heterocycles. The third-order valence-electron chi connectivity index (χ3n) is 6.07. The van der Waals surface area contributed by atoms with Crippen molar-refractivity contribution in [3.05, 3.63) is 17.5 Å². The van der Waals surface area contributed by atoms with Crippen LogP contribution in [-0.2, 0) is 11.3 Å². The van der Waals surface area contributed by atoms with Gasteiger partial charge in [0.2, 0.25) is 0 Å². The lowest BCUT2D eigenvalue weighted by Gasteiger charge is -2.38. The van der Waals surface area contributed by atoms with Crippen LogP contribution in [0.5, 0.6) is 0 Å². The Bertz CT molecular complexity index is 529. The first kappa shape index (κ1) is 17.9. The molecule has 136 valence electrons. The van der Waals surface area contributed by atoms with Gasteiger partial charge in [-0.1, -0.05) is 13.3 Å². The highest BCUT2D eigenvalue weighted by Crippen LogP contribution is 2.49. The molecule has 1 saturated heterocycles. The number of rotatable bonds is 6. The summed E-state index contributed by atoms with van der Waals surface area (Å²) in [6, 6.07) is 0. The summed E-state index contributed by atoms with van der Waals surface area (Å²) in [6.07, 6.45) is 11.9. The fraction of sp³-hybridized carbons (Fsp3) is 0.850. The summed E-state index contributed by atoms with van der Waals surface area (Å²) in [6.45, 7) is 8.91. The summed E-state index contributed by atoms with van der Waals surface area (Å²) in [4.78, 5) is 2.42. The summed E-state index contributed by atoms with van der Waals surface area (Å²) >= 11 is 0. The van der Waals surface area contributed by atoms with Crippen molar-refractivity contribution in [3.8, 4) is 0 Å². The van der Waals surface area contributed by atoms with E-state index in [1.807, 2.05) is 6.20 Å². The van der Waals surface area contributed by atoms with Gasteiger partial charge in [-0.3, -0.25) is 5.10 Å². The van der Waals surface area contributed by atoms with E-state index in [-0.39, 0.29) is 11.2 Å². The predicted molar refractivity (Wildman–Crippen MR) is 98.2 cm³/mol. The summed E-state index contributed by atoms with van der Waals surface area (Å²) in [7, 11) is 2.22. The second-order valence-electron chi connectivity index (χ2n) is 8.72. The fourth-order valence-electron chi connectivity index (χ4n) is 4.60. The predicted octanol–water partition coefficient (Wildman–Crippen LogP) is 4.63. The number of nitrogens with zero attached hydrogens (tertiary/aromatic N) is 2. The maximum absolute atomic E-state index is 6.45. The zero-order valence-corrected chi connectivity index (χ0v) is 16.0. The first-order valence-corrected chi connectivity index (χ1v) is 9.84. The van der Waals surface area contributed by atoms with Crippen molar-refractivity contribution in [2.45, 2.75) is 95.8 Å². The molecule has 1 aromatic rings. The molecule has 24 heavy (non-hydrogen) atoms. The molecule has 1 aromatic heterocycles. The first-order valence-electron chi connectivity index (χ1n) is 9.84. The van der Waals surface area contributed by atoms with E-state index in [0.717, 1.165) is 13.1 Å². The van der Waals surface area contributed by atoms with Gasteiger partial charge in [0.05, 0.1) is 17.4 Å². The second kappa shape index (κ2) is 7.17. The topological polar surface area (TPSA) is 41.2 Å². The van der Waals surface area contributed by atoms with Crippen molar-refractivity contribution in [3.63, 3.8) is 0 Å². The molecular formula is C20H35N3O. The minimum atomic E-state index is 0.0774. The smallest absolute Gasteiger partial charge is 0.0691 e. The van der Waals surface area contributed by atoms with Crippen LogP contribution in [0.25, 0.3) is 0 Å². The van der Waals surface area contributed by atoms with Crippen LogP contribution in [0.15, 0.2) is 6.20 Å². The Morgan fingerprint density at radius 2 is 2.00 bits per heavy atom. The molecule has 0 amide bonds. The molecule has 1 saturated carbocycles. The summed E-state index contributed by atoms with van der Waals surface area (Å²) in [5.41, 5.74) is 3.01. The molecule has 2 aliphatic rings. The van der Waals surface area contributed by atoms with Gasteiger partial charge in [0.15, 0.2) is 0 Å². The molecule has 0 radical (unpaired) electrons. The van der Waals surface area contributed by atoms with E-state index in [1.54, 1.807) is 0 Å². The highest BCUT2D eigenvalue weighted by molar-refractivity contribution is 5.21. The summed E-state index contributed by atoms with van der Waals surface area (Å²) in [5.74, 6) is 0.625. The van der Waals surface area contributed by atoms with Gasteiger partial charge in [0.25, 0.3) is 0 Å². The molecule has 2 fully saturated rings. The van der Waals surface area contributed by atoms with Crippen molar-refractivity contribution < 1.29 is 4.74 Å². The SMILES string of the molecule is CCCCN(C)Cc1cn[nH]c1C1CCC2(CC1)CCC(C)(C)O2. The maximum Gasteiger partial charge on any atom is 0.0691 e. The minimum Gasteiger partial charge on any atom is -0.369 e. The van der Waals surface area contributed by atoms with Gasteiger partial charge in [-0.2, -0.15) is 5.10 Å². The average molecular weight is 334 g/mol. The molecule has 1 aliphatic carbocycles. The van der Waals surface area contributed by atoms with Crippen molar-refractivity contribution in [1.29, 1.82) is 0 Å². The Labute approximate surface area is 147 Å². The van der Waals surface area contributed by atoms with Gasteiger partial charge >= 0.3 is 0 Å². The molecule has 1 spiro atoms. The molecule has 1 N–H and O–H groups in total. The molecule has 3 rings (SSSR count). The molecular weight excluding hydrogens is 298 g/mol. The zero-order chi connectivity index (χ0) is 17.2. The average Bonchev–Trinajstić information content (AvgIpc) is 3.11. The van der Waals surface area contributed by atoms with Crippen LogP contribution < -0.4 is 0 Å². The lowest BCUT2D eigenvalue weighted by Crippen LogP contribution is -2.36. The summed E-state index contributed by atoms with van der Waals surface area (Å²) in [5, 5.41) is 7.67. The Morgan fingerprint density at radius 1 is 1.25 bits per heavy atom. The molecule has 4 nitrogen and oxygen atoms in total. The molecule has 2 heterocycles. The normalized spacial score (nSPS) is 29.6. The number of nitrogens with one attached hydrogen (secondary N) is 1. The minimum absolute atomic E-state index is 0.0774. The number of aromatic amines is 1. The molecule has 0 atom stereocenters. The van der Waals surface area contributed by atoms with E-state index in [2.05, 4.69) is 42.9 Å². The number of hydrogen-bond donors (Lipinski definition) is 1. The Morgan fingerprint density at radius 3 is 2.62 bits per heavy atom. The number of aromatic nitrogens is 2. The van der Waals surface area contributed by atoms with Gasteiger partial charge in [-0.25, -0.2) is 0 Å². The van der Waals surface area contributed by atoms with Gasteiger partial charge in [-0.05, 0) is 72.4 Å². The van der Waals surface area contributed by atoms with E-state index in [9.17, 15) is 0 Å². The highest BCUT2D eigenvalue weighted by Gasteiger charge is 2.46. The van der Waals surface area contributed by atoms with Crippen LogP contribution in [0.3, 0.4) is 0 Å². The molecule has 0 unspecified atom stereocenters. The van der Waals surface area contributed by atoms with Crippen molar-refractivity contribution >= 4 is 0 Å². The van der Waals surface area contributed by atoms with Crippen molar-refractivity contribution in [2.75, 3.05) is 13.6 Å². The maximum atomic E-state index is 6.45. The van der Waals surface area contributed by atoms with E-state index in [4.69, 9.17) is 4.74 Å². The number of H-pyrrole nitrogens is 1. The monoisotopic (exact) mass is 333 g/mol. The van der Waals surface area contributed by atoms with E-state index < -0.39 is 0 Å². The van der Waals surface area contributed by atoms with Crippen LogP contribution >= 0.6 is 0 Å². The van der Waals surface area contributed by atoms with Crippen LogP contribution in [0, 0.1) is 0 Å². The standard InChI is InChI=1S/C20H35N3O/c1-5-6-13-23(4)15-17-14-21-22-18(17)16-7-9-20(10-8-16)12-11-19(2,3)24-20/h14,16H,5-13,15H2,1-4H3,(H,21,22). The van der Waals surface area contributed by atoms with Crippen LogP contribution in [0.2, 0.25) is 0 Å². The quantitative estimate of drug-likeness (QED) is 0.825. The summed E-state index contributed by atoms with van der Waals surface area (Å²) < 4.78 is 6.45. The van der Waals surface area contributed by atoms with E-state index in [1.165, 1.54) is 62.6 Å². The molecule has 4 heteroatoms. The van der Waals surface area contributed by atoms with Crippen molar-refractivity contribution in [2.24, 2.45) is 0 Å². The largest absolute Gasteiger partial charge is 0.369 e. The van der Waals surface area contributed by atoms with Crippen LogP contribution in [0.1, 0.15) is 89.3 Å². The first-order chi connectivity index (χ1) is 11.4. The van der Waals surface area contributed by atoms with Gasteiger partial charge in [0, 0.05) is 23.7 Å². The highest BCUT2D eigenvalue weighted by atomic mass is 16.5. The van der Waals surface area contributed by atoms with Crippen LogP contribution in [-0.4, -0.2) is 39.9 Å². The van der Waals surface area contributed by atoms with Gasteiger partial charge < -0.3 is 9.64 Å². The van der Waals surface area contributed by atoms with Crippen LogP contribution in [0.4, 0.5) is 0 Å². The number of hydrogen-bond acceptors (Lipinski definition) is 3. The van der Waals surface area contributed by atoms with Crippen molar-refractivity contribution in [1.82, 2.24) is 15.1 Å². The zero-order valence-electron chi connectivity index (χ0n) is 16.0. The number of ether oxygens (including phenoxy) is 1. The third-order valence-corrected chi connectivity index (χ3v) is 6.07. The Kier molecular flexibility index (Phi) is 5.36. The third kappa shape index (κ3) is 4.02. The Balaban J connectivity index is 1.58. The van der Waals surface area contributed by atoms with E-state index >= 15 is 0 Å². The van der Waals surface area contributed by atoms with Gasteiger partial charge in [-0.15, -0.1) is 0 Å². The lowest BCUT2D eigenvalue weighted by atomic mass is 9.75. The molecule has 0 aromatic carbocycles. The molecule has 0 bridgehead atoms. The Hall–Kier alpha value is -0.870. The van der Waals surface area contributed by atoms with Gasteiger partial charge in [0.1, 0.15) is 0 Å². The second-order valence-corrected chi connectivity index (χ2v) is 8.72. The fourth-order valence-corrected chi connectivity index (χ4v) is 4.60. The number of unbranched alkanes of at least 4 members (excludes halogenated alkanes) is 1. The lowest BCUT2D eigenvalue weighted by molar-refractivity contribution is -0.105. The van der Waals surface area contributed by atoms with E-state index in [0.29, 0.717) is 5.92 Å².